The third-order valence-electron chi connectivity index (χ3n) is 4.67. The Bertz CT molecular complexity index is 571. The summed E-state index contributed by atoms with van der Waals surface area (Å²) in [6.45, 7) is 5.85. The molecule has 7 nitrogen and oxygen atoms in total. The number of carboxylic acid groups (broad SMARTS) is 1. The molecule has 2 heterocycles. The minimum atomic E-state index is -1.41. The third-order valence-corrected chi connectivity index (χ3v) is 6.54. The van der Waals surface area contributed by atoms with E-state index in [1.807, 2.05) is 20.8 Å². The maximum atomic E-state index is 12.9. The van der Waals surface area contributed by atoms with Crippen LogP contribution in [0.5, 0.6) is 0 Å². The Morgan fingerprint density at radius 2 is 2.16 bits per heavy atom. The molecule has 2 aliphatic rings. The fraction of sp³-hybridized carbons (Fsp3) is 0.750. The van der Waals surface area contributed by atoms with Crippen molar-refractivity contribution in [3.63, 3.8) is 0 Å². The molecule has 2 saturated heterocycles. The molecular formula is C16H24N2O5S2. The summed E-state index contributed by atoms with van der Waals surface area (Å²) in [4.78, 5) is 38.0. The van der Waals surface area contributed by atoms with Crippen molar-refractivity contribution in [1.82, 2.24) is 10.2 Å². The van der Waals surface area contributed by atoms with E-state index in [0.29, 0.717) is 12.2 Å². The highest BCUT2D eigenvalue weighted by Gasteiger charge is 2.46. The van der Waals surface area contributed by atoms with Crippen LogP contribution in [0, 0.1) is 11.8 Å². The van der Waals surface area contributed by atoms with E-state index in [4.69, 9.17) is 22.1 Å². The smallest absolute Gasteiger partial charge is 0.450 e. The van der Waals surface area contributed by atoms with E-state index in [1.165, 1.54) is 16.7 Å². The molecule has 140 valence electrons. The summed E-state index contributed by atoms with van der Waals surface area (Å²) < 4.78 is 4.86. The molecular weight excluding hydrogens is 364 g/mol. The van der Waals surface area contributed by atoms with Gasteiger partial charge in [-0.05, 0) is 31.1 Å². The van der Waals surface area contributed by atoms with Crippen molar-refractivity contribution in [2.45, 2.75) is 57.7 Å². The van der Waals surface area contributed by atoms with E-state index in [9.17, 15) is 14.4 Å². The molecule has 5 atom stereocenters. The lowest BCUT2D eigenvalue weighted by Crippen LogP contribution is -2.53. The number of carbonyl (C=O) groups excluding carboxylic acids is 2. The highest BCUT2D eigenvalue weighted by Crippen LogP contribution is 2.38. The van der Waals surface area contributed by atoms with Gasteiger partial charge in [0, 0.05) is 0 Å². The number of nitrogens with one attached hydrogen (secondary N) is 1. The Morgan fingerprint density at radius 1 is 1.48 bits per heavy atom. The Morgan fingerprint density at radius 3 is 2.76 bits per heavy atom. The van der Waals surface area contributed by atoms with Gasteiger partial charge in [-0.25, -0.2) is 4.79 Å². The Balaban J connectivity index is 2.15. The van der Waals surface area contributed by atoms with Crippen molar-refractivity contribution < 1.29 is 24.2 Å². The van der Waals surface area contributed by atoms with Gasteiger partial charge in [0.1, 0.15) is 6.04 Å². The first-order valence-electron chi connectivity index (χ1n) is 8.42. The van der Waals surface area contributed by atoms with Gasteiger partial charge in [-0.1, -0.05) is 33.0 Å². The number of rotatable bonds is 5. The summed E-state index contributed by atoms with van der Waals surface area (Å²) in [6, 6.07) is -0.715. The number of hydrogen-bond acceptors (Lipinski definition) is 6. The van der Waals surface area contributed by atoms with Crippen LogP contribution in [0.4, 0.5) is 4.79 Å². The zero-order valence-corrected chi connectivity index (χ0v) is 16.2. The zero-order valence-electron chi connectivity index (χ0n) is 14.6. The van der Waals surface area contributed by atoms with Crippen molar-refractivity contribution in [3.05, 3.63) is 0 Å². The van der Waals surface area contributed by atoms with Gasteiger partial charge >= 0.3 is 6.16 Å². The van der Waals surface area contributed by atoms with Crippen LogP contribution in [0.25, 0.3) is 0 Å². The van der Waals surface area contributed by atoms with Crippen LogP contribution in [0.2, 0.25) is 0 Å². The maximum Gasteiger partial charge on any atom is 0.507 e. The first kappa shape index (κ1) is 20.0. The van der Waals surface area contributed by atoms with E-state index < -0.39 is 24.3 Å². The molecule has 25 heavy (non-hydrogen) atoms. The lowest BCUT2D eigenvalue weighted by Gasteiger charge is -2.29. The highest BCUT2D eigenvalue weighted by atomic mass is 32.2. The van der Waals surface area contributed by atoms with Gasteiger partial charge in [-0.2, -0.15) is 0 Å². The van der Waals surface area contributed by atoms with Crippen LogP contribution in [0.1, 0.15) is 40.0 Å². The number of carbonyl (C=O) groups is 3. The van der Waals surface area contributed by atoms with Crippen LogP contribution < -0.4 is 5.32 Å². The number of amides is 2. The molecule has 2 rings (SSSR count). The normalized spacial score (nSPS) is 30.2. The number of thioether (sulfide) groups is 1. The van der Waals surface area contributed by atoms with Gasteiger partial charge in [0.15, 0.2) is 6.23 Å². The van der Waals surface area contributed by atoms with E-state index in [1.54, 1.807) is 0 Å². The second kappa shape index (κ2) is 8.35. The van der Waals surface area contributed by atoms with Crippen LogP contribution in [-0.2, 0) is 14.3 Å². The van der Waals surface area contributed by atoms with Gasteiger partial charge in [0.25, 0.3) is 5.91 Å². The van der Waals surface area contributed by atoms with E-state index in [0.717, 1.165) is 12.8 Å². The topological polar surface area (TPSA) is 95.9 Å². The standard InChI is InChI=1S/C16H24N2O5S2/c1-4-9(3)13(24)14(19)17-10-5-8(2)6-12-18(15(10)20)11(7-25-12)23-16(21)22/h8-12H,4-7H2,1-3H3,(H,17,19)(H,21,22)/t8-,9?,10+,11+,12-/m1/s1. The summed E-state index contributed by atoms with van der Waals surface area (Å²) in [5.41, 5.74) is 0. The molecule has 0 aromatic heterocycles. The molecule has 0 saturated carbocycles. The fourth-order valence-corrected chi connectivity index (χ4v) is 4.80. The molecule has 2 amide bonds. The van der Waals surface area contributed by atoms with Crippen molar-refractivity contribution in [2.75, 3.05) is 5.75 Å². The quantitative estimate of drug-likeness (QED) is 0.551. The van der Waals surface area contributed by atoms with Crippen molar-refractivity contribution >= 4 is 46.8 Å². The zero-order chi connectivity index (χ0) is 18.7. The van der Waals surface area contributed by atoms with Gasteiger partial charge in [0.2, 0.25) is 5.91 Å². The van der Waals surface area contributed by atoms with Crippen molar-refractivity contribution in [3.8, 4) is 0 Å². The molecule has 0 spiro atoms. The average Bonchev–Trinajstić information content (AvgIpc) is 2.87. The van der Waals surface area contributed by atoms with E-state index in [2.05, 4.69) is 5.32 Å². The minimum absolute atomic E-state index is 0.0357. The Labute approximate surface area is 156 Å². The van der Waals surface area contributed by atoms with Crippen LogP contribution >= 0.6 is 24.0 Å². The van der Waals surface area contributed by atoms with Crippen molar-refractivity contribution in [1.29, 1.82) is 0 Å². The van der Waals surface area contributed by atoms with E-state index >= 15 is 0 Å². The number of nitrogens with zero attached hydrogens (tertiary/aromatic N) is 1. The third kappa shape index (κ3) is 4.63. The maximum absolute atomic E-state index is 12.9. The van der Waals surface area contributed by atoms with Gasteiger partial charge in [0.05, 0.1) is 16.0 Å². The lowest BCUT2D eigenvalue weighted by atomic mass is 9.99. The summed E-state index contributed by atoms with van der Waals surface area (Å²) in [6.07, 6.45) is -0.235. The number of hydrogen-bond donors (Lipinski definition) is 2. The molecule has 0 aliphatic carbocycles. The first-order valence-corrected chi connectivity index (χ1v) is 9.88. The second-order valence-electron chi connectivity index (χ2n) is 6.65. The summed E-state index contributed by atoms with van der Waals surface area (Å²) in [7, 11) is 0. The first-order chi connectivity index (χ1) is 11.7. The lowest BCUT2D eigenvalue weighted by molar-refractivity contribution is -0.143. The molecule has 1 unspecified atom stereocenters. The van der Waals surface area contributed by atoms with Crippen LogP contribution in [0.3, 0.4) is 0 Å². The molecule has 2 aliphatic heterocycles. The second-order valence-corrected chi connectivity index (χ2v) is 8.30. The summed E-state index contributed by atoms with van der Waals surface area (Å²) in [5.74, 6) is -0.118. The molecule has 0 radical (unpaired) electrons. The largest absolute Gasteiger partial charge is 0.507 e. The van der Waals surface area contributed by atoms with Gasteiger partial charge in [-0.3, -0.25) is 14.5 Å². The molecule has 2 N–H and O–H groups in total. The number of thiocarbonyl (C=S) groups is 1. The highest BCUT2D eigenvalue weighted by molar-refractivity contribution is 8.00. The van der Waals surface area contributed by atoms with Gasteiger partial charge in [-0.15, -0.1) is 11.8 Å². The van der Waals surface area contributed by atoms with E-state index in [-0.39, 0.29) is 28.0 Å². The summed E-state index contributed by atoms with van der Waals surface area (Å²) >= 11 is 6.71. The fourth-order valence-electron chi connectivity index (χ4n) is 3.09. The predicted octanol–water partition coefficient (Wildman–Crippen LogP) is 2.24. The number of ether oxygens (including phenoxy) is 1. The predicted molar refractivity (Wildman–Crippen MR) is 98.4 cm³/mol. The Kier molecular flexibility index (Phi) is 6.67. The minimum Gasteiger partial charge on any atom is -0.450 e. The van der Waals surface area contributed by atoms with Crippen LogP contribution in [0.15, 0.2) is 0 Å². The molecule has 2 fully saturated rings. The van der Waals surface area contributed by atoms with Crippen LogP contribution in [-0.4, -0.2) is 56.2 Å². The molecule has 0 bridgehead atoms. The monoisotopic (exact) mass is 388 g/mol. The average molecular weight is 389 g/mol. The SMILES string of the molecule is CCC(C)C(=S)C(=O)N[C@H]1C[C@@H](C)C[C@H]2SC[C@H](OC(=O)O)N2C1=O. The Hall–Kier alpha value is -1.35. The molecule has 0 aromatic rings. The molecule has 9 heteroatoms. The number of fused-ring (bicyclic) bond motifs is 1. The molecule has 0 aromatic carbocycles. The van der Waals surface area contributed by atoms with Gasteiger partial charge < -0.3 is 15.2 Å². The van der Waals surface area contributed by atoms with Crippen molar-refractivity contribution in [2.24, 2.45) is 11.8 Å². The summed E-state index contributed by atoms with van der Waals surface area (Å²) in [5, 5.41) is 11.5.